The van der Waals surface area contributed by atoms with E-state index in [1.807, 2.05) is 0 Å². The van der Waals surface area contributed by atoms with Crippen LogP contribution in [0.5, 0.6) is 11.5 Å². The van der Waals surface area contributed by atoms with Gasteiger partial charge in [-0.05, 0) is 31.2 Å². The number of nitrogens with zero attached hydrogens (tertiary/aromatic N) is 3. The molecule has 0 spiro atoms. The molecule has 1 aromatic carbocycles. The minimum atomic E-state index is -0.412. The number of nitrogens with one attached hydrogen (secondary N) is 2. The number of methoxy groups -OCH3 is 2. The number of aryl methyl sites for hydroxylation is 1. The summed E-state index contributed by atoms with van der Waals surface area (Å²) < 4.78 is 15.3. The molecule has 1 amide bonds. The lowest BCUT2D eigenvalue weighted by Crippen LogP contribution is -2.15. The second-order valence-corrected chi connectivity index (χ2v) is 5.27. The Morgan fingerprint density at radius 1 is 1.04 bits per heavy atom. The number of benzene rings is 1. The van der Waals surface area contributed by atoms with Crippen LogP contribution in [0, 0.1) is 6.92 Å². The molecule has 3 aromatic rings. The summed E-state index contributed by atoms with van der Waals surface area (Å²) >= 11 is 0. The lowest BCUT2D eigenvalue weighted by Gasteiger charge is -2.11. The summed E-state index contributed by atoms with van der Waals surface area (Å²) in [5.41, 5.74) is 0.658. The molecule has 0 unspecified atom stereocenters. The van der Waals surface area contributed by atoms with Gasteiger partial charge in [0.25, 0.3) is 5.91 Å². The minimum absolute atomic E-state index is 0.157. The maximum atomic E-state index is 12.4. The van der Waals surface area contributed by atoms with Crippen molar-refractivity contribution in [2.45, 2.75) is 6.92 Å². The number of rotatable bonds is 6. The van der Waals surface area contributed by atoms with Crippen LogP contribution in [0.25, 0.3) is 0 Å². The number of aromatic nitrogens is 3. The molecular formula is C17H17N5O4. The van der Waals surface area contributed by atoms with E-state index in [-0.39, 0.29) is 5.69 Å². The highest BCUT2D eigenvalue weighted by Crippen LogP contribution is 2.29. The van der Waals surface area contributed by atoms with Crippen LogP contribution in [-0.4, -0.2) is 35.5 Å². The SMILES string of the molecule is COc1ccc(NC(=O)c2ccc(Nc3cc(C)on3)nn2)c(OC)c1. The zero-order valence-electron chi connectivity index (χ0n) is 14.4. The van der Waals surface area contributed by atoms with Gasteiger partial charge in [-0.2, -0.15) is 0 Å². The third-order valence-corrected chi connectivity index (χ3v) is 3.44. The number of hydrogen-bond donors (Lipinski definition) is 2. The van der Waals surface area contributed by atoms with Crippen molar-refractivity contribution in [3.8, 4) is 11.5 Å². The van der Waals surface area contributed by atoms with Gasteiger partial charge in [-0.1, -0.05) is 5.16 Å². The van der Waals surface area contributed by atoms with E-state index in [2.05, 4.69) is 26.0 Å². The second kappa shape index (κ2) is 7.51. The van der Waals surface area contributed by atoms with E-state index < -0.39 is 5.91 Å². The van der Waals surface area contributed by atoms with Crippen molar-refractivity contribution < 1.29 is 18.8 Å². The molecule has 0 aliphatic carbocycles. The van der Waals surface area contributed by atoms with Crippen LogP contribution >= 0.6 is 0 Å². The lowest BCUT2D eigenvalue weighted by molar-refractivity contribution is 0.102. The quantitative estimate of drug-likeness (QED) is 0.694. The van der Waals surface area contributed by atoms with Crippen LogP contribution in [0.4, 0.5) is 17.3 Å². The Morgan fingerprint density at radius 3 is 2.50 bits per heavy atom. The first kappa shape index (κ1) is 17.2. The van der Waals surface area contributed by atoms with Crippen LogP contribution in [-0.2, 0) is 0 Å². The van der Waals surface area contributed by atoms with Gasteiger partial charge >= 0.3 is 0 Å². The zero-order chi connectivity index (χ0) is 18.5. The molecule has 0 aliphatic rings. The topological polar surface area (TPSA) is 111 Å². The molecule has 134 valence electrons. The van der Waals surface area contributed by atoms with E-state index in [1.165, 1.54) is 7.11 Å². The highest BCUT2D eigenvalue weighted by Gasteiger charge is 2.13. The van der Waals surface area contributed by atoms with E-state index in [4.69, 9.17) is 14.0 Å². The monoisotopic (exact) mass is 355 g/mol. The Labute approximate surface area is 149 Å². The Balaban J connectivity index is 1.70. The fourth-order valence-electron chi connectivity index (χ4n) is 2.16. The van der Waals surface area contributed by atoms with Gasteiger partial charge in [0, 0.05) is 12.1 Å². The molecule has 0 fully saturated rings. The third kappa shape index (κ3) is 3.89. The highest BCUT2D eigenvalue weighted by molar-refractivity contribution is 6.03. The maximum absolute atomic E-state index is 12.4. The molecule has 0 saturated carbocycles. The van der Waals surface area contributed by atoms with E-state index in [9.17, 15) is 4.79 Å². The van der Waals surface area contributed by atoms with Gasteiger partial charge in [-0.15, -0.1) is 10.2 Å². The summed E-state index contributed by atoms with van der Waals surface area (Å²) in [5, 5.41) is 17.3. The fraction of sp³-hybridized carbons (Fsp3) is 0.176. The van der Waals surface area contributed by atoms with Crippen molar-refractivity contribution in [1.29, 1.82) is 0 Å². The Morgan fingerprint density at radius 2 is 1.88 bits per heavy atom. The number of hydrogen-bond acceptors (Lipinski definition) is 8. The normalized spacial score (nSPS) is 10.3. The number of anilines is 3. The Kier molecular flexibility index (Phi) is 4.97. The predicted octanol–water partition coefficient (Wildman–Crippen LogP) is 2.79. The minimum Gasteiger partial charge on any atom is -0.497 e. The largest absolute Gasteiger partial charge is 0.497 e. The third-order valence-electron chi connectivity index (χ3n) is 3.44. The van der Waals surface area contributed by atoms with Crippen molar-refractivity contribution >= 4 is 23.2 Å². The molecule has 0 atom stereocenters. The van der Waals surface area contributed by atoms with Gasteiger partial charge in [0.15, 0.2) is 17.3 Å². The van der Waals surface area contributed by atoms with E-state index >= 15 is 0 Å². The van der Waals surface area contributed by atoms with Crippen LogP contribution in [0.15, 0.2) is 40.9 Å². The smallest absolute Gasteiger partial charge is 0.276 e. The molecule has 0 bridgehead atoms. The van der Waals surface area contributed by atoms with Crippen molar-refractivity contribution in [2.75, 3.05) is 24.9 Å². The van der Waals surface area contributed by atoms with Crippen LogP contribution in [0.3, 0.4) is 0 Å². The number of carbonyl (C=O) groups is 1. The molecule has 0 aliphatic heterocycles. The molecule has 9 heteroatoms. The first-order chi connectivity index (χ1) is 12.6. The Hall–Kier alpha value is -3.62. The van der Waals surface area contributed by atoms with Crippen LogP contribution in [0.1, 0.15) is 16.2 Å². The van der Waals surface area contributed by atoms with Crippen molar-refractivity contribution in [3.05, 3.63) is 47.9 Å². The average molecular weight is 355 g/mol. The average Bonchev–Trinajstić information content (AvgIpc) is 3.07. The molecular weight excluding hydrogens is 338 g/mol. The van der Waals surface area contributed by atoms with Gasteiger partial charge in [0.1, 0.15) is 17.3 Å². The molecule has 9 nitrogen and oxygen atoms in total. The molecule has 3 rings (SSSR count). The van der Waals surface area contributed by atoms with Gasteiger partial charge in [0.2, 0.25) is 0 Å². The van der Waals surface area contributed by atoms with Gasteiger partial charge in [-0.3, -0.25) is 4.79 Å². The predicted molar refractivity (Wildman–Crippen MR) is 94.1 cm³/mol. The van der Waals surface area contributed by atoms with Crippen LogP contribution < -0.4 is 20.1 Å². The van der Waals surface area contributed by atoms with E-state index in [0.717, 1.165) is 0 Å². The van der Waals surface area contributed by atoms with E-state index in [0.29, 0.717) is 34.6 Å². The van der Waals surface area contributed by atoms with Crippen molar-refractivity contribution in [1.82, 2.24) is 15.4 Å². The van der Waals surface area contributed by atoms with Crippen LogP contribution in [0.2, 0.25) is 0 Å². The molecule has 0 radical (unpaired) electrons. The summed E-state index contributed by atoms with van der Waals surface area (Å²) in [6, 6.07) is 9.97. The van der Waals surface area contributed by atoms with Crippen molar-refractivity contribution in [3.63, 3.8) is 0 Å². The summed E-state index contributed by atoms with van der Waals surface area (Å²) in [5.74, 6) is 2.31. The number of ether oxygens (including phenoxy) is 2. The van der Waals surface area contributed by atoms with Crippen molar-refractivity contribution in [2.24, 2.45) is 0 Å². The highest BCUT2D eigenvalue weighted by atomic mass is 16.5. The van der Waals surface area contributed by atoms with Gasteiger partial charge in [0.05, 0.1) is 19.9 Å². The number of amides is 1. The van der Waals surface area contributed by atoms with Gasteiger partial charge < -0.3 is 24.6 Å². The summed E-state index contributed by atoms with van der Waals surface area (Å²) in [7, 11) is 3.06. The first-order valence-electron chi connectivity index (χ1n) is 7.66. The molecule has 0 saturated heterocycles. The summed E-state index contributed by atoms with van der Waals surface area (Å²) in [6.07, 6.45) is 0. The Bertz CT molecular complexity index is 908. The zero-order valence-corrected chi connectivity index (χ0v) is 14.4. The lowest BCUT2D eigenvalue weighted by atomic mass is 10.2. The maximum Gasteiger partial charge on any atom is 0.276 e. The molecule has 2 heterocycles. The van der Waals surface area contributed by atoms with Gasteiger partial charge in [-0.25, -0.2) is 0 Å². The molecule has 2 aromatic heterocycles. The summed E-state index contributed by atoms with van der Waals surface area (Å²) in [4.78, 5) is 12.4. The fourth-order valence-corrected chi connectivity index (χ4v) is 2.16. The number of carbonyl (C=O) groups excluding carboxylic acids is 1. The summed E-state index contributed by atoms with van der Waals surface area (Å²) in [6.45, 7) is 1.78. The van der Waals surface area contributed by atoms with E-state index in [1.54, 1.807) is 50.4 Å². The second-order valence-electron chi connectivity index (χ2n) is 5.27. The molecule has 26 heavy (non-hydrogen) atoms. The first-order valence-corrected chi connectivity index (χ1v) is 7.66. The molecule has 2 N–H and O–H groups in total. The standard InChI is InChI=1S/C17H17N5O4/c1-10-8-16(22-26-10)19-15-7-6-13(20-21-15)17(23)18-12-5-4-11(24-2)9-14(12)25-3/h4-9H,1-3H3,(H,18,23)(H,19,21,22).